The first-order valence-electron chi connectivity index (χ1n) is 9.32. The molecule has 1 aliphatic heterocycles. The third-order valence-electron chi connectivity index (χ3n) is 5.11. The molecule has 3 nitrogen and oxygen atoms in total. The molecule has 0 atom stereocenters. The second-order valence-corrected chi connectivity index (χ2v) is 7.19. The second kappa shape index (κ2) is 8.90. The molecule has 0 spiro atoms. The van der Waals surface area contributed by atoms with Gasteiger partial charge in [-0.3, -0.25) is 9.69 Å². The Labute approximate surface area is 165 Å². The molecule has 0 aromatic heterocycles. The van der Waals surface area contributed by atoms with E-state index in [4.69, 9.17) is 0 Å². The number of benzene rings is 2. The average molecular weight is 412 g/mol. The van der Waals surface area contributed by atoms with E-state index in [0.29, 0.717) is 38.5 Å². The number of rotatable bonds is 5. The standard InChI is InChI=1S/C21H21F5N2O/c22-17-4-1-14(2-5-17)13-28-9-7-15(8-10-28)20(29)27-12-16-3-6-18(23)11-19(16)21(24,25)26/h1-6,11,15H,7-10,12-13H2,(H,27,29). The number of hydrogen-bond donors (Lipinski definition) is 1. The summed E-state index contributed by atoms with van der Waals surface area (Å²) < 4.78 is 65.3. The van der Waals surface area contributed by atoms with Crippen molar-refractivity contribution in [1.82, 2.24) is 10.2 Å². The highest BCUT2D eigenvalue weighted by atomic mass is 19.4. The number of likely N-dealkylation sites (tertiary alicyclic amines) is 1. The molecule has 29 heavy (non-hydrogen) atoms. The Hall–Kier alpha value is -2.48. The van der Waals surface area contributed by atoms with Gasteiger partial charge in [-0.2, -0.15) is 13.2 Å². The fraction of sp³-hybridized carbons (Fsp3) is 0.381. The summed E-state index contributed by atoms with van der Waals surface area (Å²) in [4.78, 5) is 14.5. The van der Waals surface area contributed by atoms with Crippen LogP contribution in [0.3, 0.4) is 0 Å². The number of halogens is 5. The highest BCUT2D eigenvalue weighted by Gasteiger charge is 2.34. The lowest BCUT2D eigenvalue weighted by Crippen LogP contribution is -2.40. The van der Waals surface area contributed by atoms with Gasteiger partial charge in [0, 0.05) is 19.0 Å². The molecule has 2 aromatic rings. The fourth-order valence-electron chi connectivity index (χ4n) is 3.49. The molecule has 1 amide bonds. The predicted octanol–water partition coefficient (Wildman–Crippen LogP) is 4.51. The van der Waals surface area contributed by atoms with E-state index in [1.165, 1.54) is 12.1 Å². The molecule has 1 heterocycles. The van der Waals surface area contributed by atoms with Crippen LogP contribution in [0, 0.1) is 17.6 Å². The summed E-state index contributed by atoms with van der Waals surface area (Å²) in [6.45, 7) is 1.68. The second-order valence-electron chi connectivity index (χ2n) is 7.19. The molecule has 0 saturated carbocycles. The molecule has 0 bridgehead atoms. The Morgan fingerprint density at radius 2 is 1.62 bits per heavy atom. The number of alkyl halides is 3. The lowest BCUT2D eigenvalue weighted by Gasteiger charge is -2.31. The van der Waals surface area contributed by atoms with Crippen molar-refractivity contribution in [2.75, 3.05) is 13.1 Å². The summed E-state index contributed by atoms with van der Waals surface area (Å²) in [5.74, 6) is -1.85. The first-order chi connectivity index (χ1) is 13.7. The Morgan fingerprint density at radius 1 is 1.00 bits per heavy atom. The average Bonchev–Trinajstić information content (AvgIpc) is 2.68. The summed E-state index contributed by atoms with van der Waals surface area (Å²) in [6.07, 6.45) is -3.51. The van der Waals surface area contributed by atoms with Gasteiger partial charge in [0.15, 0.2) is 0 Å². The predicted molar refractivity (Wildman–Crippen MR) is 97.6 cm³/mol. The summed E-state index contributed by atoms with van der Waals surface area (Å²) in [7, 11) is 0. The van der Waals surface area contributed by atoms with Crippen LogP contribution in [0.2, 0.25) is 0 Å². The molecule has 1 fully saturated rings. The smallest absolute Gasteiger partial charge is 0.352 e. The zero-order valence-corrected chi connectivity index (χ0v) is 15.6. The van der Waals surface area contributed by atoms with Crippen molar-refractivity contribution in [1.29, 1.82) is 0 Å². The van der Waals surface area contributed by atoms with Gasteiger partial charge in [-0.1, -0.05) is 18.2 Å². The summed E-state index contributed by atoms with van der Waals surface area (Å²) in [6, 6.07) is 8.67. The minimum atomic E-state index is -4.69. The van der Waals surface area contributed by atoms with Crippen LogP contribution in [-0.4, -0.2) is 23.9 Å². The molecule has 2 aromatic carbocycles. The maximum atomic E-state index is 13.2. The van der Waals surface area contributed by atoms with E-state index in [0.717, 1.165) is 17.7 Å². The van der Waals surface area contributed by atoms with Crippen molar-refractivity contribution < 1.29 is 26.7 Å². The van der Waals surface area contributed by atoms with Crippen LogP contribution < -0.4 is 5.32 Å². The van der Waals surface area contributed by atoms with Gasteiger partial charge in [0.25, 0.3) is 0 Å². The Kier molecular flexibility index (Phi) is 6.52. The zero-order valence-electron chi connectivity index (χ0n) is 15.6. The van der Waals surface area contributed by atoms with E-state index in [1.54, 1.807) is 12.1 Å². The molecular formula is C21H21F5N2O. The van der Waals surface area contributed by atoms with Gasteiger partial charge in [0.1, 0.15) is 11.6 Å². The first kappa shape index (κ1) is 21.2. The van der Waals surface area contributed by atoms with Crippen molar-refractivity contribution >= 4 is 5.91 Å². The van der Waals surface area contributed by atoms with Crippen molar-refractivity contribution in [2.24, 2.45) is 5.92 Å². The van der Waals surface area contributed by atoms with Gasteiger partial charge in [-0.25, -0.2) is 8.78 Å². The lowest BCUT2D eigenvalue weighted by molar-refractivity contribution is -0.138. The van der Waals surface area contributed by atoms with Crippen molar-refractivity contribution in [2.45, 2.75) is 32.1 Å². The SMILES string of the molecule is O=C(NCc1ccc(F)cc1C(F)(F)F)C1CCN(Cc2ccc(F)cc2)CC1. The van der Waals surface area contributed by atoms with Gasteiger partial charge in [-0.15, -0.1) is 0 Å². The van der Waals surface area contributed by atoms with Crippen LogP contribution in [0.25, 0.3) is 0 Å². The monoisotopic (exact) mass is 412 g/mol. The first-order valence-corrected chi connectivity index (χ1v) is 9.32. The highest BCUT2D eigenvalue weighted by molar-refractivity contribution is 5.78. The Balaban J connectivity index is 1.51. The van der Waals surface area contributed by atoms with E-state index < -0.39 is 17.6 Å². The minimum absolute atomic E-state index is 0.166. The van der Waals surface area contributed by atoms with Crippen molar-refractivity contribution in [3.05, 3.63) is 70.8 Å². The molecular weight excluding hydrogens is 391 g/mol. The summed E-state index contributed by atoms with van der Waals surface area (Å²) in [5, 5.41) is 2.55. The van der Waals surface area contributed by atoms with Gasteiger partial charge >= 0.3 is 6.18 Å². The topological polar surface area (TPSA) is 32.3 Å². The van der Waals surface area contributed by atoms with Crippen LogP contribution >= 0.6 is 0 Å². The molecule has 1 N–H and O–H groups in total. The number of hydrogen-bond acceptors (Lipinski definition) is 2. The Morgan fingerprint density at radius 3 is 2.24 bits per heavy atom. The van der Waals surface area contributed by atoms with E-state index in [-0.39, 0.29) is 29.8 Å². The van der Waals surface area contributed by atoms with Gasteiger partial charge in [0.05, 0.1) is 5.56 Å². The maximum absolute atomic E-state index is 13.2. The van der Waals surface area contributed by atoms with E-state index in [1.807, 2.05) is 0 Å². The molecule has 1 aliphatic rings. The molecule has 0 radical (unpaired) electrons. The van der Waals surface area contributed by atoms with Crippen LogP contribution in [0.1, 0.15) is 29.5 Å². The normalized spacial score (nSPS) is 16.0. The van der Waals surface area contributed by atoms with Gasteiger partial charge in [-0.05, 0) is 61.3 Å². The maximum Gasteiger partial charge on any atom is 0.416 e. The fourth-order valence-corrected chi connectivity index (χ4v) is 3.49. The summed E-state index contributed by atoms with van der Waals surface area (Å²) >= 11 is 0. The molecule has 1 saturated heterocycles. The lowest BCUT2D eigenvalue weighted by atomic mass is 9.95. The quantitative estimate of drug-likeness (QED) is 0.733. The number of carbonyl (C=O) groups is 1. The van der Waals surface area contributed by atoms with E-state index >= 15 is 0 Å². The molecule has 8 heteroatoms. The zero-order chi connectivity index (χ0) is 21.0. The number of piperidine rings is 1. The Bertz CT molecular complexity index is 843. The number of nitrogens with one attached hydrogen (secondary N) is 1. The summed E-state index contributed by atoms with van der Waals surface area (Å²) in [5.41, 5.74) is -0.266. The highest BCUT2D eigenvalue weighted by Crippen LogP contribution is 2.32. The van der Waals surface area contributed by atoms with E-state index in [2.05, 4.69) is 10.2 Å². The van der Waals surface area contributed by atoms with E-state index in [9.17, 15) is 26.7 Å². The van der Waals surface area contributed by atoms with Gasteiger partial charge < -0.3 is 5.32 Å². The van der Waals surface area contributed by atoms with Crippen LogP contribution in [-0.2, 0) is 24.1 Å². The molecule has 3 rings (SSSR count). The largest absolute Gasteiger partial charge is 0.416 e. The van der Waals surface area contributed by atoms with Crippen LogP contribution in [0.4, 0.5) is 22.0 Å². The number of nitrogens with zero attached hydrogens (tertiary/aromatic N) is 1. The molecule has 156 valence electrons. The van der Waals surface area contributed by atoms with Crippen LogP contribution in [0.15, 0.2) is 42.5 Å². The van der Waals surface area contributed by atoms with Gasteiger partial charge in [0.2, 0.25) is 5.91 Å². The van der Waals surface area contributed by atoms with Crippen LogP contribution in [0.5, 0.6) is 0 Å². The number of amides is 1. The van der Waals surface area contributed by atoms with Crippen molar-refractivity contribution in [3.63, 3.8) is 0 Å². The minimum Gasteiger partial charge on any atom is -0.352 e. The van der Waals surface area contributed by atoms with Crippen molar-refractivity contribution in [3.8, 4) is 0 Å². The molecule has 0 unspecified atom stereocenters. The third kappa shape index (κ3) is 5.76. The number of carbonyl (C=O) groups excluding carboxylic acids is 1. The third-order valence-corrected chi connectivity index (χ3v) is 5.11. The molecule has 0 aliphatic carbocycles.